The molecule has 0 saturated carbocycles. The summed E-state index contributed by atoms with van der Waals surface area (Å²) >= 11 is 0. The fraction of sp³-hybridized carbons (Fsp3) is 0.667. The first kappa shape index (κ1) is 15.9. The number of hydrogen-bond acceptors (Lipinski definition) is 8. The molecule has 1 aromatic rings. The smallest absolute Gasteiger partial charge is 0.227 e. The number of aromatic nitrogens is 2. The van der Waals surface area contributed by atoms with Gasteiger partial charge in [0.15, 0.2) is 0 Å². The van der Waals surface area contributed by atoms with Crippen LogP contribution in [0.5, 0.6) is 0 Å². The number of aliphatic hydroxyl groups excluding tert-OH is 1. The van der Waals surface area contributed by atoms with Crippen LogP contribution < -0.4 is 10.2 Å². The summed E-state index contributed by atoms with van der Waals surface area (Å²) in [5.74, 6) is 1.85. The first-order valence-corrected chi connectivity index (χ1v) is 9.60. The summed E-state index contributed by atoms with van der Waals surface area (Å²) in [5, 5.41) is 12.9. The molecule has 1 aromatic heterocycles. The Bertz CT molecular complexity index is 679. The van der Waals surface area contributed by atoms with Gasteiger partial charge in [-0.25, -0.2) is 4.98 Å². The van der Waals surface area contributed by atoms with Gasteiger partial charge in [0.1, 0.15) is 17.0 Å². The monoisotopic (exact) mass is 351 g/mol. The molecule has 0 aromatic carbocycles. The molecule has 2 saturated heterocycles. The number of carbonyl (C=O) groups is 1. The highest BCUT2D eigenvalue weighted by Gasteiger charge is 2.32. The minimum atomic E-state index is -1.06. The van der Waals surface area contributed by atoms with E-state index in [2.05, 4.69) is 20.2 Å². The van der Waals surface area contributed by atoms with Gasteiger partial charge in [-0.1, -0.05) is 0 Å². The Balaban J connectivity index is 1.57. The number of likely N-dealkylation sites (tertiary alicyclic amines) is 1. The van der Waals surface area contributed by atoms with E-state index in [9.17, 15) is 14.1 Å². The highest BCUT2D eigenvalue weighted by Crippen LogP contribution is 2.32. The number of aryl methyl sites for hydroxylation is 1. The molecule has 2 fully saturated rings. The molecule has 0 aliphatic carbocycles. The molecule has 8 nitrogen and oxygen atoms in total. The van der Waals surface area contributed by atoms with E-state index in [4.69, 9.17) is 0 Å². The number of aldehydes is 1. The molecule has 2 atom stereocenters. The standard InChI is InChI=1S/C15H21N5O3S/c21-5-4-19-3-1-10(7-19)16-14-13-12(2-6-24(13)23)17-15(18-14)20-8-11(22)9-20/h5,10-11,22H,1-4,6-9H2,(H,16,17,18)/t10-,24?/m0/s1. The van der Waals surface area contributed by atoms with E-state index in [0.717, 1.165) is 36.4 Å². The third kappa shape index (κ3) is 2.91. The zero-order chi connectivity index (χ0) is 16.7. The van der Waals surface area contributed by atoms with Crippen molar-refractivity contribution in [3.63, 3.8) is 0 Å². The van der Waals surface area contributed by atoms with E-state index in [1.165, 1.54) is 0 Å². The second kappa shape index (κ2) is 6.38. The lowest BCUT2D eigenvalue weighted by Crippen LogP contribution is -2.51. The van der Waals surface area contributed by atoms with E-state index in [0.29, 0.717) is 43.6 Å². The molecule has 0 bridgehead atoms. The fourth-order valence-corrected chi connectivity index (χ4v) is 4.77. The van der Waals surface area contributed by atoms with Crippen LogP contribution in [-0.2, 0) is 22.0 Å². The van der Waals surface area contributed by atoms with Gasteiger partial charge in [0, 0.05) is 44.4 Å². The number of nitrogens with one attached hydrogen (secondary N) is 1. The maximum atomic E-state index is 12.3. The molecule has 3 aliphatic heterocycles. The van der Waals surface area contributed by atoms with Crippen LogP contribution in [0, 0.1) is 0 Å². The molecule has 4 heterocycles. The quantitative estimate of drug-likeness (QED) is 0.652. The summed E-state index contributed by atoms with van der Waals surface area (Å²) in [6, 6.07) is 0.191. The van der Waals surface area contributed by atoms with Gasteiger partial charge in [0.2, 0.25) is 5.95 Å². The third-order valence-corrected chi connectivity index (χ3v) is 6.23. The van der Waals surface area contributed by atoms with Crippen molar-refractivity contribution in [2.45, 2.75) is 29.9 Å². The summed E-state index contributed by atoms with van der Waals surface area (Å²) in [6.45, 7) is 3.18. The SMILES string of the molecule is O=CCN1CC[C@H](Nc2nc(N3CC(O)C3)nc3c2S(=O)CC3)C1. The van der Waals surface area contributed by atoms with E-state index in [1.54, 1.807) is 0 Å². The Morgan fingerprint density at radius 1 is 1.33 bits per heavy atom. The molecule has 4 rings (SSSR count). The van der Waals surface area contributed by atoms with Gasteiger partial charge in [-0.05, 0) is 6.42 Å². The largest absolute Gasteiger partial charge is 0.389 e. The summed E-state index contributed by atoms with van der Waals surface area (Å²) < 4.78 is 12.3. The zero-order valence-electron chi connectivity index (χ0n) is 13.3. The fourth-order valence-electron chi connectivity index (χ4n) is 3.46. The second-order valence-corrected chi connectivity index (χ2v) is 8.07. The molecule has 24 heavy (non-hydrogen) atoms. The number of nitrogens with zero attached hydrogens (tertiary/aromatic N) is 4. The number of fused-ring (bicyclic) bond motifs is 1. The summed E-state index contributed by atoms with van der Waals surface area (Å²) in [7, 11) is -1.06. The minimum Gasteiger partial charge on any atom is -0.389 e. The van der Waals surface area contributed by atoms with Gasteiger partial charge < -0.3 is 20.1 Å². The summed E-state index contributed by atoms with van der Waals surface area (Å²) in [5.41, 5.74) is 0.852. The number of carbonyl (C=O) groups excluding carboxylic acids is 1. The number of aliphatic hydroxyl groups is 1. The molecular formula is C15H21N5O3S. The average molecular weight is 351 g/mol. The number of hydrogen-bond donors (Lipinski definition) is 2. The van der Waals surface area contributed by atoms with Crippen LogP contribution in [-0.4, -0.2) is 81.1 Å². The first-order chi connectivity index (χ1) is 11.6. The third-order valence-electron chi connectivity index (χ3n) is 4.77. The second-order valence-electron chi connectivity index (χ2n) is 6.56. The first-order valence-electron chi connectivity index (χ1n) is 8.29. The summed E-state index contributed by atoms with van der Waals surface area (Å²) in [4.78, 5) is 24.6. The van der Waals surface area contributed by atoms with Crippen LogP contribution in [0.2, 0.25) is 0 Å². The van der Waals surface area contributed by atoms with Gasteiger partial charge >= 0.3 is 0 Å². The van der Waals surface area contributed by atoms with Crippen LogP contribution >= 0.6 is 0 Å². The Hall–Kier alpha value is -1.58. The molecule has 3 aliphatic rings. The van der Waals surface area contributed by atoms with Crippen LogP contribution in [0.25, 0.3) is 0 Å². The van der Waals surface area contributed by atoms with E-state index >= 15 is 0 Å². The molecule has 0 amide bonds. The van der Waals surface area contributed by atoms with Gasteiger partial charge in [-0.2, -0.15) is 4.98 Å². The topological polar surface area (TPSA) is 98.7 Å². The zero-order valence-corrected chi connectivity index (χ0v) is 14.2. The molecule has 1 unspecified atom stereocenters. The van der Waals surface area contributed by atoms with Crippen molar-refractivity contribution in [3.8, 4) is 0 Å². The van der Waals surface area contributed by atoms with Crippen LogP contribution in [0.1, 0.15) is 12.1 Å². The van der Waals surface area contributed by atoms with Crippen molar-refractivity contribution in [2.24, 2.45) is 0 Å². The van der Waals surface area contributed by atoms with Crippen molar-refractivity contribution in [2.75, 3.05) is 48.7 Å². The van der Waals surface area contributed by atoms with Crippen LogP contribution in [0.4, 0.5) is 11.8 Å². The maximum Gasteiger partial charge on any atom is 0.227 e. The van der Waals surface area contributed by atoms with Crippen molar-refractivity contribution in [3.05, 3.63) is 5.69 Å². The molecule has 2 N–H and O–H groups in total. The maximum absolute atomic E-state index is 12.3. The van der Waals surface area contributed by atoms with E-state index < -0.39 is 10.8 Å². The van der Waals surface area contributed by atoms with Gasteiger partial charge in [-0.15, -0.1) is 0 Å². The van der Waals surface area contributed by atoms with Crippen molar-refractivity contribution < 1.29 is 14.1 Å². The van der Waals surface area contributed by atoms with Crippen molar-refractivity contribution in [1.29, 1.82) is 0 Å². The minimum absolute atomic E-state index is 0.191. The lowest BCUT2D eigenvalue weighted by atomic mass is 10.2. The lowest BCUT2D eigenvalue weighted by molar-refractivity contribution is -0.108. The lowest BCUT2D eigenvalue weighted by Gasteiger charge is -2.36. The number of anilines is 2. The Kier molecular flexibility index (Phi) is 4.23. The molecular weight excluding hydrogens is 330 g/mol. The van der Waals surface area contributed by atoms with E-state index in [-0.39, 0.29) is 12.1 Å². The van der Waals surface area contributed by atoms with Crippen LogP contribution in [0.3, 0.4) is 0 Å². The van der Waals surface area contributed by atoms with Gasteiger partial charge in [0.05, 0.1) is 29.1 Å². The molecule has 0 radical (unpaired) electrons. The Morgan fingerprint density at radius 3 is 2.92 bits per heavy atom. The summed E-state index contributed by atoms with van der Waals surface area (Å²) in [6.07, 6.45) is 2.23. The molecule has 0 spiro atoms. The predicted octanol–water partition coefficient (Wildman–Crippen LogP) is -0.994. The normalized spacial score (nSPS) is 27.1. The number of rotatable bonds is 5. The van der Waals surface area contributed by atoms with Crippen LogP contribution in [0.15, 0.2) is 4.90 Å². The molecule has 9 heteroatoms. The van der Waals surface area contributed by atoms with E-state index in [1.807, 2.05) is 4.90 Å². The predicted molar refractivity (Wildman–Crippen MR) is 89.8 cm³/mol. The van der Waals surface area contributed by atoms with Gasteiger partial charge in [-0.3, -0.25) is 9.11 Å². The Labute approximate surface area is 142 Å². The molecule has 130 valence electrons. The number of β-amino-alcohol motifs (C(OH)–C–C–N with tert-alkyl or cyclic N) is 1. The highest BCUT2D eigenvalue weighted by molar-refractivity contribution is 7.85. The Morgan fingerprint density at radius 2 is 2.17 bits per heavy atom. The van der Waals surface area contributed by atoms with Gasteiger partial charge in [0.25, 0.3) is 0 Å². The highest BCUT2D eigenvalue weighted by atomic mass is 32.2. The average Bonchev–Trinajstić information content (AvgIpc) is 3.12. The van der Waals surface area contributed by atoms with Crippen molar-refractivity contribution in [1.82, 2.24) is 14.9 Å². The van der Waals surface area contributed by atoms with Crippen molar-refractivity contribution >= 4 is 28.9 Å².